The number of ether oxygens (including phenoxy) is 3. The molecule has 5 heteroatoms. The van der Waals surface area contributed by atoms with Crippen LogP contribution in [0.2, 0.25) is 0 Å². The van der Waals surface area contributed by atoms with Gasteiger partial charge < -0.3 is 14.2 Å². The molecule has 0 aromatic rings. The maximum atomic E-state index is 12.7. The van der Waals surface area contributed by atoms with E-state index in [4.69, 9.17) is 14.2 Å². The first kappa shape index (κ1) is 55.6. The highest BCUT2D eigenvalue weighted by Crippen LogP contribution is 2.14. The minimum absolute atomic E-state index is 0.0760. The van der Waals surface area contributed by atoms with Crippen LogP contribution in [-0.4, -0.2) is 37.9 Å². The Balaban J connectivity index is 4.25. The summed E-state index contributed by atoms with van der Waals surface area (Å²) < 4.78 is 17.4. The first-order valence-electron chi connectivity index (χ1n) is 24.8. The molecule has 0 bridgehead atoms. The Morgan fingerprint density at radius 2 is 0.810 bits per heavy atom. The molecule has 0 rings (SSSR count). The van der Waals surface area contributed by atoms with Gasteiger partial charge in [0, 0.05) is 19.4 Å². The summed E-state index contributed by atoms with van der Waals surface area (Å²) >= 11 is 0. The summed E-state index contributed by atoms with van der Waals surface area (Å²) in [5.41, 5.74) is 0. The fourth-order valence-electron chi connectivity index (χ4n) is 6.86. The molecule has 0 saturated carbocycles. The molecule has 0 aromatic heterocycles. The average Bonchev–Trinajstić information content (AvgIpc) is 3.22. The lowest BCUT2D eigenvalue weighted by Gasteiger charge is -2.18. The zero-order valence-electron chi connectivity index (χ0n) is 38.6. The standard InChI is InChI=1S/C53H94O5/c1-4-7-10-13-16-19-22-24-25-26-27-28-30-33-36-39-42-45-48-56-49-51(58-53(55)47-44-41-38-35-31-21-18-15-12-9-6-3)50-57-52(54)46-43-40-37-34-32-29-23-20-17-14-11-8-5-2/h7,10-11,14,16,19-20,23-25,51H,4-6,8-9,12-13,15,17-18,21-22,26-50H2,1-3H3/b10-7-,14-11-,19-16-,23-20-,25-24-. The van der Waals surface area contributed by atoms with Gasteiger partial charge in [-0.05, 0) is 77.0 Å². The van der Waals surface area contributed by atoms with E-state index in [1.165, 1.54) is 128 Å². The van der Waals surface area contributed by atoms with Gasteiger partial charge in [-0.3, -0.25) is 9.59 Å². The highest BCUT2D eigenvalue weighted by molar-refractivity contribution is 5.70. The summed E-state index contributed by atoms with van der Waals surface area (Å²) in [6.45, 7) is 7.63. The van der Waals surface area contributed by atoms with Crippen LogP contribution in [0, 0.1) is 0 Å². The molecule has 1 atom stereocenters. The van der Waals surface area contributed by atoms with Crippen LogP contribution >= 0.6 is 0 Å². The summed E-state index contributed by atoms with van der Waals surface area (Å²) in [5.74, 6) is -0.413. The van der Waals surface area contributed by atoms with Gasteiger partial charge in [-0.25, -0.2) is 0 Å². The van der Waals surface area contributed by atoms with Gasteiger partial charge in [0.05, 0.1) is 6.61 Å². The van der Waals surface area contributed by atoms with Crippen LogP contribution < -0.4 is 0 Å². The number of unbranched alkanes of at least 4 members (excludes halogenated alkanes) is 24. The van der Waals surface area contributed by atoms with Gasteiger partial charge in [0.15, 0.2) is 6.10 Å². The lowest BCUT2D eigenvalue weighted by atomic mass is 10.1. The van der Waals surface area contributed by atoms with Crippen molar-refractivity contribution in [3.8, 4) is 0 Å². The molecule has 0 saturated heterocycles. The predicted octanol–water partition coefficient (Wildman–Crippen LogP) is 16.6. The van der Waals surface area contributed by atoms with Crippen molar-refractivity contribution in [3.05, 3.63) is 60.8 Å². The van der Waals surface area contributed by atoms with Crippen LogP contribution in [-0.2, 0) is 23.8 Å². The van der Waals surface area contributed by atoms with Gasteiger partial charge in [0.2, 0.25) is 0 Å². The van der Waals surface area contributed by atoms with Crippen LogP contribution in [0.25, 0.3) is 0 Å². The Kier molecular flexibility index (Phi) is 46.9. The molecule has 0 aromatic carbocycles. The number of carbonyl (C=O) groups is 2. The van der Waals surface area contributed by atoms with E-state index in [0.29, 0.717) is 19.4 Å². The molecule has 0 radical (unpaired) electrons. The van der Waals surface area contributed by atoms with E-state index >= 15 is 0 Å². The van der Waals surface area contributed by atoms with E-state index in [1.54, 1.807) is 0 Å². The summed E-state index contributed by atoms with van der Waals surface area (Å²) in [6.07, 6.45) is 60.8. The van der Waals surface area contributed by atoms with Gasteiger partial charge >= 0.3 is 11.9 Å². The van der Waals surface area contributed by atoms with Gasteiger partial charge in [0.25, 0.3) is 0 Å². The number of rotatable bonds is 45. The van der Waals surface area contributed by atoms with E-state index in [0.717, 1.165) is 77.0 Å². The number of carbonyl (C=O) groups excluding carboxylic acids is 2. The number of allylic oxidation sites excluding steroid dienone is 10. The number of hydrogen-bond acceptors (Lipinski definition) is 5. The topological polar surface area (TPSA) is 61.8 Å². The molecule has 336 valence electrons. The van der Waals surface area contributed by atoms with Crippen LogP contribution in [0.3, 0.4) is 0 Å². The zero-order chi connectivity index (χ0) is 42.1. The van der Waals surface area contributed by atoms with Crippen molar-refractivity contribution in [2.75, 3.05) is 19.8 Å². The largest absolute Gasteiger partial charge is 0.462 e. The molecule has 58 heavy (non-hydrogen) atoms. The molecule has 0 aliphatic rings. The molecule has 0 aliphatic carbocycles. The normalized spacial score (nSPS) is 12.7. The van der Waals surface area contributed by atoms with Crippen LogP contribution in [0.4, 0.5) is 0 Å². The van der Waals surface area contributed by atoms with E-state index in [-0.39, 0.29) is 25.2 Å². The lowest BCUT2D eigenvalue weighted by Crippen LogP contribution is -2.30. The second-order valence-corrected chi connectivity index (χ2v) is 16.3. The Hall–Kier alpha value is -2.40. The molecular formula is C53H94O5. The minimum atomic E-state index is -0.543. The summed E-state index contributed by atoms with van der Waals surface area (Å²) in [7, 11) is 0. The summed E-state index contributed by atoms with van der Waals surface area (Å²) in [5, 5.41) is 0. The Morgan fingerprint density at radius 1 is 0.397 bits per heavy atom. The fraction of sp³-hybridized carbons (Fsp3) is 0.774. The maximum absolute atomic E-state index is 12.7. The Morgan fingerprint density at radius 3 is 1.31 bits per heavy atom. The van der Waals surface area contributed by atoms with Crippen molar-refractivity contribution in [1.82, 2.24) is 0 Å². The Bertz CT molecular complexity index is 1010. The second kappa shape index (κ2) is 49.0. The number of esters is 2. The van der Waals surface area contributed by atoms with Crippen molar-refractivity contribution in [3.63, 3.8) is 0 Å². The van der Waals surface area contributed by atoms with Gasteiger partial charge in [-0.2, -0.15) is 0 Å². The van der Waals surface area contributed by atoms with E-state index in [2.05, 4.69) is 81.5 Å². The molecule has 5 nitrogen and oxygen atoms in total. The van der Waals surface area contributed by atoms with Gasteiger partial charge in [-0.15, -0.1) is 0 Å². The highest BCUT2D eigenvalue weighted by atomic mass is 16.6. The molecule has 0 N–H and O–H groups in total. The third-order valence-corrected chi connectivity index (χ3v) is 10.5. The first-order valence-corrected chi connectivity index (χ1v) is 24.8. The zero-order valence-corrected chi connectivity index (χ0v) is 38.6. The van der Waals surface area contributed by atoms with Crippen molar-refractivity contribution in [2.24, 2.45) is 0 Å². The molecule has 0 amide bonds. The summed E-state index contributed by atoms with van der Waals surface area (Å²) in [6, 6.07) is 0. The molecular weight excluding hydrogens is 717 g/mol. The first-order chi connectivity index (χ1) is 28.6. The third-order valence-electron chi connectivity index (χ3n) is 10.5. The predicted molar refractivity (Wildman–Crippen MR) is 251 cm³/mol. The highest BCUT2D eigenvalue weighted by Gasteiger charge is 2.17. The smallest absolute Gasteiger partial charge is 0.306 e. The molecule has 0 heterocycles. The van der Waals surface area contributed by atoms with Crippen LogP contribution in [0.1, 0.15) is 239 Å². The molecule has 0 fully saturated rings. The Labute approximate surface area is 360 Å². The van der Waals surface area contributed by atoms with E-state index in [9.17, 15) is 9.59 Å². The molecule has 0 spiro atoms. The van der Waals surface area contributed by atoms with Crippen molar-refractivity contribution >= 4 is 11.9 Å². The van der Waals surface area contributed by atoms with Crippen LogP contribution in [0.15, 0.2) is 60.8 Å². The van der Waals surface area contributed by atoms with Crippen molar-refractivity contribution in [2.45, 2.75) is 245 Å². The second-order valence-electron chi connectivity index (χ2n) is 16.3. The SMILES string of the molecule is CC/C=C\C/C=C\C/C=C\CCCCCCCCCCOCC(COC(=O)CCCCCCC/C=C\C/C=C\CCC)OC(=O)CCCCCCCCCCCCC. The van der Waals surface area contributed by atoms with Crippen LogP contribution in [0.5, 0.6) is 0 Å². The van der Waals surface area contributed by atoms with Crippen molar-refractivity contribution in [1.29, 1.82) is 0 Å². The van der Waals surface area contributed by atoms with Crippen molar-refractivity contribution < 1.29 is 23.8 Å². The number of hydrogen-bond donors (Lipinski definition) is 0. The monoisotopic (exact) mass is 811 g/mol. The fourth-order valence-corrected chi connectivity index (χ4v) is 6.86. The lowest BCUT2D eigenvalue weighted by molar-refractivity contribution is -0.163. The minimum Gasteiger partial charge on any atom is -0.462 e. The molecule has 1 unspecified atom stereocenters. The third kappa shape index (κ3) is 46.3. The maximum Gasteiger partial charge on any atom is 0.306 e. The summed E-state index contributed by atoms with van der Waals surface area (Å²) in [4.78, 5) is 25.3. The van der Waals surface area contributed by atoms with Gasteiger partial charge in [-0.1, -0.05) is 210 Å². The van der Waals surface area contributed by atoms with Gasteiger partial charge in [0.1, 0.15) is 6.61 Å². The van der Waals surface area contributed by atoms with E-state index in [1.807, 2.05) is 0 Å². The quantitative estimate of drug-likeness (QED) is 0.0348. The average molecular weight is 811 g/mol. The molecule has 0 aliphatic heterocycles. The van der Waals surface area contributed by atoms with E-state index < -0.39 is 6.10 Å².